The molecule has 0 fully saturated rings. The maximum absolute atomic E-state index is 2.51. The first kappa shape index (κ1) is 13.5. The van der Waals surface area contributed by atoms with Crippen molar-refractivity contribution >= 4 is 36.3 Å². The van der Waals surface area contributed by atoms with Crippen molar-refractivity contribution in [3.63, 3.8) is 0 Å². The molecule has 2 rings (SSSR count). The van der Waals surface area contributed by atoms with E-state index >= 15 is 0 Å². The molecule has 0 aliphatic heterocycles. The van der Waals surface area contributed by atoms with E-state index in [1.165, 1.54) is 11.1 Å². The van der Waals surface area contributed by atoms with Crippen molar-refractivity contribution in [3.05, 3.63) is 59.7 Å². The van der Waals surface area contributed by atoms with Crippen LogP contribution in [0.5, 0.6) is 0 Å². The van der Waals surface area contributed by atoms with Crippen LogP contribution in [0.4, 0.5) is 0 Å². The summed E-state index contributed by atoms with van der Waals surface area (Å²) in [6, 6.07) is 18.7. The fraction of sp³-hybridized carbons (Fsp3) is 0.200. The lowest BCUT2D eigenvalue weighted by molar-refractivity contribution is 1.49. The van der Waals surface area contributed by atoms with Gasteiger partial charge in [-0.3, -0.25) is 0 Å². The second kappa shape index (κ2) is 6.31. The number of rotatable bonds is 4. The van der Waals surface area contributed by atoms with Gasteiger partial charge in [-0.05, 0) is 13.8 Å². The molecule has 0 amide bonds. The molecule has 0 spiro atoms. The third kappa shape index (κ3) is 3.54. The van der Waals surface area contributed by atoms with Gasteiger partial charge in [0.1, 0.15) is 0 Å². The molecule has 94 valence electrons. The van der Waals surface area contributed by atoms with Crippen LogP contribution in [0.3, 0.4) is 0 Å². The highest BCUT2D eigenvalue weighted by Crippen LogP contribution is 1.96. The molecule has 0 saturated carbocycles. The molecular weight excluding hydrogens is 264 g/mol. The fourth-order valence-electron chi connectivity index (χ4n) is 2.35. The minimum absolute atomic E-state index is 0.0234. The average Bonchev–Trinajstić information content (AvgIpc) is 2.39. The zero-order chi connectivity index (χ0) is 13.0. The van der Waals surface area contributed by atoms with E-state index in [0.29, 0.717) is 0 Å². The molecule has 0 saturated heterocycles. The summed E-state index contributed by atoms with van der Waals surface area (Å²) >= 11 is 0. The Balaban J connectivity index is 2.14. The number of hydrogen-bond donors (Lipinski definition) is 0. The van der Waals surface area contributed by atoms with E-state index in [9.17, 15) is 0 Å². The third-order valence-electron chi connectivity index (χ3n) is 3.64. The number of aryl methyl sites for hydroxylation is 2. The third-order valence-corrected chi connectivity index (χ3v) is 23.9. The van der Waals surface area contributed by atoms with Crippen LogP contribution in [0.15, 0.2) is 48.5 Å². The Kier molecular flexibility index (Phi) is 4.74. The summed E-state index contributed by atoms with van der Waals surface area (Å²) in [7, 11) is -0.415. The predicted octanol–water partition coefficient (Wildman–Crippen LogP) is 0.442. The van der Waals surface area contributed by atoms with Crippen LogP contribution in [0.2, 0.25) is 6.55 Å². The molecule has 0 nitrogen and oxygen atoms in total. The van der Waals surface area contributed by atoms with Gasteiger partial charge in [-0.15, -0.1) is 0 Å². The quantitative estimate of drug-likeness (QED) is 0.716. The lowest BCUT2D eigenvalue weighted by Crippen LogP contribution is -2.46. The normalized spacial score (nSPS) is 13.7. The van der Waals surface area contributed by atoms with Gasteiger partial charge in [-0.1, -0.05) is 76.6 Å². The molecule has 1 unspecified atom stereocenters. The summed E-state index contributed by atoms with van der Waals surface area (Å²) in [4.78, 5) is 0. The highest BCUT2D eigenvalue weighted by atomic mass is 29.6. The van der Waals surface area contributed by atoms with Crippen LogP contribution >= 0.6 is 0 Å². The maximum Gasteiger partial charge on any atom is 0.0508 e. The van der Waals surface area contributed by atoms with E-state index in [1.54, 1.807) is 10.4 Å². The SMILES string of the molecule is C[SiH2][SiH]([SiH2]c1ccc(C)cc1)c1ccc(C)cc1. The zero-order valence-corrected chi connectivity index (χ0v) is 15.6. The van der Waals surface area contributed by atoms with Crippen LogP contribution in [-0.2, 0) is 0 Å². The number of benzene rings is 2. The van der Waals surface area contributed by atoms with Crippen molar-refractivity contribution in [2.45, 2.75) is 20.4 Å². The van der Waals surface area contributed by atoms with Crippen LogP contribution < -0.4 is 10.4 Å². The monoisotopic (exact) mass is 286 g/mol. The first-order chi connectivity index (χ1) is 8.69. The summed E-state index contributed by atoms with van der Waals surface area (Å²) in [5.41, 5.74) is 2.77. The van der Waals surface area contributed by atoms with Crippen molar-refractivity contribution in [1.82, 2.24) is 0 Å². The van der Waals surface area contributed by atoms with E-state index in [-0.39, 0.29) is 18.1 Å². The van der Waals surface area contributed by atoms with Crippen molar-refractivity contribution < 1.29 is 0 Å². The fourth-order valence-corrected chi connectivity index (χ4v) is 17.9. The van der Waals surface area contributed by atoms with Gasteiger partial charge >= 0.3 is 0 Å². The topological polar surface area (TPSA) is 0 Å². The predicted molar refractivity (Wildman–Crippen MR) is 91.7 cm³/mol. The van der Waals surface area contributed by atoms with Gasteiger partial charge in [0, 0.05) is 18.1 Å². The van der Waals surface area contributed by atoms with E-state index in [2.05, 4.69) is 68.9 Å². The Morgan fingerprint density at radius 3 is 1.78 bits per heavy atom. The first-order valence-corrected chi connectivity index (χ1v) is 16.0. The molecule has 0 aliphatic rings. The van der Waals surface area contributed by atoms with Crippen molar-refractivity contribution in [3.8, 4) is 0 Å². The van der Waals surface area contributed by atoms with Gasteiger partial charge in [0.2, 0.25) is 0 Å². The maximum atomic E-state index is 2.51. The van der Waals surface area contributed by atoms with E-state index in [1.807, 2.05) is 0 Å². The molecule has 0 radical (unpaired) electrons. The van der Waals surface area contributed by atoms with Gasteiger partial charge in [0.25, 0.3) is 0 Å². The first-order valence-electron chi connectivity index (χ1n) is 6.81. The minimum atomic E-state index is -0.556. The Morgan fingerprint density at radius 2 is 1.28 bits per heavy atom. The summed E-state index contributed by atoms with van der Waals surface area (Å²) < 4.78 is 0. The van der Waals surface area contributed by atoms with E-state index in [4.69, 9.17) is 0 Å². The second-order valence-electron chi connectivity index (χ2n) is 5.21. The van der Waals surface area contributed by atoms with Gasteiger partial charge in [0.05, 0.1) is 7.83 Å². The minimum Gasteiger partial charge on any atom is -0.0768 e. The molecule has 3 heteroatoms. The summed E-state index contributed by atoms with van der Waals surface area (Å²) in [5.74, 6) is 0. The van der Waals surface area contributed by atoms with Crippen molar-refractivity contribution in [2.24, 2.45) is 0 Å². The summed E-state index contributed by atoms with van der Waals surface area (Å²) in [5, 5.41) is 3.40. The van der Waals surface area contributed by atoms with Crippen LogP contribution in [0.1, 0.15) is 11.1 Å². The van der Waals surface area contributed by atoms with Gasteiger partial charge in [0.15, 0.2) is 0 Å². The van der Waals surface area contributed by atoms with Gasteiger partial charge in [-0.25, -0.2) is 0 Å². The molecule has 2 aromatic carbocycles. The van der Waals surface area contributed by atoms with Gasteiger partial charge in [-0.2, -0.15) is 0 Å². The molecule has 0 heterocycles. The molecule has 2 aromatic rings. The van der Waals surface area contributed by atoms with E-state index < -0.39 is 7.83 Å². The molecule has 18 heavy (non-hydrogen) atoms. The van der Waals surface area contributed by atoms with Crippen molar-refractivity contribution in [2.75, 3.05) is 0 Å². The van der Waals surface area contributed by atoms with E-state index in [0.717, 1.165) is 0 Å². The molecule has 0 N–H and O–H groups in total. The van der Waals surface area contributed by atoms with Crippen LogP contribution in [0, 0.1) is 13.8 Å². The molecular formula is C15H22Si3. The summed E-state index contributed by atoms with van der Waals surface area (Å²) in [6.45, 7) is 6.87. The second-order valence-corrected chi connectivity index (χ2v) is 22.4. The Labute approximate surface area is 116 Å². The standard InChI is InChI=1S/C15H22Si3/c1-12-4-8-14(9-5-12)17-18(16-3)15-10-6-13(2)7-11-15/h4-11,18H,16-17H2,1-3H3. The number of hydrogen-bond acceptors (Lipinski definition) is 0. The highest BCUT2D eigenvalue weighted by molar-refractivity contribution is 7.47. The largest absolute Gasteiger partial charge is 0.0768 e. The lowest BCUT2D eigenvalue weighted by atomic mass is 10.2. The Bertz CT molecular complexity index is 488. The smallest absolute Gasteiger partial charge is 0.0508 e. The van der Waals surface area contributed by atoms with Crippen molar-refractivity contribution in [1.29, 1.82) is 0 Å². The Morgan fingerprint density at radius 1 is 0.778 bits per heavy atom. The average molecular weight is 287 g/mol. The van der Waals surface area contributed by atoms with Gasteiger partial charge < -0.3 is 0 Å². The molecule has 0 aliphatic carbocycles. The lowest BCUT2D eigenvalue weighted by Gasteiger charge is -2.13. The van der Waals surface area contributed by atoms with Crippen LogP contribution in [-0.4, -0.2) is 25.9 Å². The molecule has 1 atom stereocenters. The Hall–Kier alpha value is -0.909. The highest BCUT2D eigenvalue weighted by Gasteiger charge is 2.12. The summed E-state index contributed by atoms with van der Waals surface area (Å²) in [6.07, 6.45) is 0. The zero-order valence-electron chi connectivity index (χ0n) is 11.6. The molecule has 0 bridgehead atoms. The molecule has 0 aromatic heterocycles. The van der Waals surface area contributed by atoms with Crippen LogP contribution in [0.25, 0.3) is 0 Å².